The summed E-state index contributed by atoms with van der Waals surface area (Å²) in [6.45, 7) is 0. The Kier molecular flexibility index (Phi) is 2.47. The number of rotatable bonds is 2. The van der Waals surface area contributed by atoms with Crippen LogP contribution in [0.2, 0.25) is 0 Å². The van der Waals surface area contributed by atoms with Crippen molar-refractivity contribution in [2.75, 3.05) is 0 Å². The molecule has 1 heterocycles. The van der Waals surface area contributed by atoms with Gasteiger partial charge in [-0.2, -0.15) is 0 Å². The summed E-state index contributed by atoms with van der Waals surface area (Å²) in [6.07, 6.45) is 3.19. The van der Waals surface area contributed by atoms with Gasteiger partial charge in [0, 0.05) is 5.56 Å². The molecule has 0 radical (unpaired) electrons. The molecule has 3 aromatic rings. The van der Waals surface area contributed by atoms with E-state index in [1.807, 2.05) is 36.4 Å². The van der Waals surface area contributed by atoms with Gasteiger partial charge in [0.1, 0.15) is 0 Å². The predicted molar refractivity (Wildman–Crippen MR) is 67.4 cm³/mol. The molecule has 2 heteroatoms. The van der Waals surface area contributed by atoms with Gasteiger partial charge in [0.25, 0.3) is 0 Å². The van der Waals surface area contributed by atoms with Crippen LogP contribution in [-0.4, -0.2) is 4.98 Å². The highest BCUT2D eigenvalue weighted by atomic mass is 16.3. The molecular formula is C15H11NO. The van der Waals surface area contributed by atoms with E-state index >= 15 is 0 Å². The zero-order valence-corrected chi connectivity index (χ0v) is 9.21. The van der Waals surface area contributed by atoms with Crippen LogP contribution >= 0.6 is 0 Å². The van der Waals surface area contributed by atoms with Crippen LogP contribution in [0.1, 0.15) is 0 Å². The van der Waals surface area contributed by atoms with E-state index < -0.39 is 0 Å². The zero-order valence-electron chi connectivity index (χ0n) is 9.21. The first-order valence-electron chi connectivity index (χ1n) is 5.48. The lowest BCUT2D eigenvalue weighted by molar-refractivity contribution is 0.572. The molecule has 0 aliphatic rings. The third-order valence-electron chi connectivity index (χ3n) is 2.71. The summed E-state index contributed by atoms with van der Waals surface area (Å²) in [7, 11) is 0. The van der Waals surface area contributed by atoms with Gasteiger partial charge < -0.3 is 4.42 Å². The predicted octanol–water partition coefficient (Wildman–Crippen LogP) is 4.01. The van der Waals surface area contributed by atoms with Crippen molar-refractivity contribution in [3.05, 3.63) is 67.2 Å². The minimum absolute atomic E-state index is 0.796. The van der Waals surface area contributed by atoms with E-state index in [2.05, 4.69) is 23.2 Å². The summed E-state index contributed by atoms with van der Waals surface area (Å²) < 4.78 is 5.37. The Bertz CT molecular complexity index is 600. The van der Waals surface area contributed by atoms with Crippen molar-refractivity contribution < 1.29 is 4.42 Å². The van der Waals surface area contributed by atoms with Gasteiger partial charge in [0.15, 0.2) is 12.2 Å². The smallest absolute Gasteiger partial charge is 0.181 e. The third kappa shape index (κ3) is 1.85. The number of hydrogen-bond donors (Lipinski definition) is 0. The van der Waals surface area contributed by atoms with Crippen LogP contribution in [0.5, 0.6) is 0 Å². The fourth-order valence-corrected chi connectivity index (χ4v) is 1.92. The first-order chi connectivity index (χ1) is 8.45. The van der Waals surface area contributed by atoms with Gasteiger partial charge in [-0.05, 0) is 11.1 Å². The van der Waals surface area contributed by atoms with Gasteiger partial charge in [-0.3, -0.25) is 0 Å². The van der Waals surface area contributed by atoms with Gasteiger partial charge >= 0.3 is 0 Å². The summed E-state index contributed by atoms with van der Waals surface area (Å²) in [5.74, 6) is 0.796. The number of oxazole rings is 1. The molecule has 17 heavy (non-hydrogen) atoms. The van der Waals surface area contributed by atoms with E-state index in [-0.39, 0.29) is 0 Å². The van der Waals surface area contributed by atoms with Gasteiger partial charge in [-0.1, -0.05) is 54.6 Å². The number of hydrogen-bond acceptors (Lipinski definition) is 2. The summed E-state index contributed by atoms with van der Waals surface area (Å²) >= 11 is 0. The zero-order chi connectivity index (χ0) is 11.5. The van der Waals surface area contributed by atoms with Crippen LogP contribution in [0.15, 0.2) is 71.6 Å². The molecule has 0 aliphatic heterocycles. The van der Waals surface area contributed by atoms with Gasteiger partial charge in [-0.15, -0.1) is 0 Å². The minimum atomic E-state index is 0.796. The van der Waals surface area contributed by atoms with Gasteiger partial charge in [0.2, 0.25) is 0 Å². The summed E-state index contributed by atoms with van der Waals surface area (Å²) in [6, 6.07) is 18.4. The second-order valence-corrected chi connectivity index (χ2v) is 3.78. The van der Waals surface area contributed by atoms with Crippen LogP contribution in [0.4, 0.5) is 0 Å². The Morgan fingerprint density at radius 1 is 0.765 bits per heavy atom. The molecule has 0 bridgehead atoms. The number of benzene rings is 2. The summed E-state index contributed by atoms with van der Waals surface area (Å²) in [4.78, 5) is 3.97. The highest BCUT2D eigenvalue weighted by Crippen LogP contribution is 2.31. The Morgan fingerprint density at radius 3 is 2.18 bits per heavy atom. The van der Waals surface area contributed by atoms with Crippen molar-refractivity contribution in [2.24, 2.45) is 0 Å². The molecule has 0 amide bonds. The van der Waals surface area contributed by atoms with Gasteiger partial charge in [-0.25, -0.2) is 4.98 Å². The highest BCUT2D eigenvalue weighted by molar-refractivity contribution is 5.80. The molecule has 0 fully saturated rings. The Labute approximate surface area is 99.6 Å². The van der Waals surface area contributed by atoms with Crippen LogP contribution in [0.25, 0.3) is 22.5 Å². The Balaban J connectivity index is 2.18. The summed E-state index contributed by atoms with van der Waals surface area (Å²) in [5.41, 5.74) is 3.40. The maximum absolute atomic E-state index is 5.37. The van der Waals surface area contributed by atoms with Gasteiger partial charge in [0.05, 0.1) is 6.20 Å². The molecule has 0 saturated carbocycles. The molecule has 0 saturated heterocycles. The normalized spacial score (nSPS) is 10.4. The van der Waals surface area contributed by atoms with Crippen molar-refractivity contribution in [2.45, 2.75) is 0 Å². The van der Waals surface area contributed by atoms with Crippen molar-refractivity contribution in [1.82, 2.24) is 4.98 Å². The van der Waals surface area contributed by atoms with Crippen molar-refractivity contribution in [3.8, 4) is 22.5 Å². The van der Waals surface area contributed by atoms with E-state index in [1.54, 1.807) is 6.20 Å². The number of nitrogens with zero attached hydrogens (tertiary/aromatic N) is 1. The number of aromatic nitrogens is 1. The molecule has 2 nitrogen and oxygen atoms in total. The van der Waals surface area contributed by atoms with Crippen molar-refractivity contribution >= 4 is 0 Å². The molecular weight excluding hydrogens is 210 g/mol. The van der Waals surface area contributed by atoms with Crippen LogP contribution in [-0.2, 0) is 0 Å². The SMILES string of the molecule is c1ccc(-c2ccccc2-c2cnco2)cc1. The fourth-order valence-electron chi connectivity index (χ4n) is 1.92. The molecule has 0 unspecified atom stereocenters. The van der Waals surface area contributed by atoms with E-state index in [9.17, 15) is 0 Å². The maximum Gasteiger partial charge on any atom is 0.181 e. The Morgan fingerprint density at radius 2 is 1.47 bits per heavy atom. The largest absolute Gasteiger partial charge is 0.443 e. The molecule has 0 atom stereocenters. The van der Waals surface area contributed by atoms with Crippen LogP contribution < -0.4 is 0 Å². The molecule has 0 N–H and O–H groups in total. The maximum atomic E-state index is 5.37. The van der Waals surface area contributed by atoms with Crippen molar-refractivity contribution in [1.29, 1.82) is 0 Å². The standard InChI is InChI=1S/C15H11NO/c1-2-6-12(7-3-1)13-8-4-5-9-14(13)15-10-16-11-17-15/h1-11H. The van der Waals surface area contributed by atoms with E-state index in [4.69, 9.17) is 4.42 Å². The average molecular weight is 221 g/mol. The average Bonchev–Trinajstić information content (AvgIpc) is 2.94. The quantitative estimate of drug-likeness (QED) is 0.653. The lowest BCUT2D eigenvalue weighted by Gasteiger charge is -2.06. The van der Waals surface area contributed by atoms with Crippen molar-refractivity contribution in [3.63, 3.8) is 0 Å². The molecule has 0 aliphatic carbocycles. The second-order valence-electron chi connectivity index (χ2n) is 3.78. The van der Waals surface area contributed by atoms with E-state index in [1.165, 1.54) is 12.0 Å². The highest BCUT2D eigenvalue weighted by Gasteiger charge is 2.08. The molecule has 1 aromatic heterocycles. The topological polar surface area (TPSA) is 26.0 Å². The lowest BCUT2D eigenvalue weighted by Crippen LogP contribution is -1.82. The molecule has 82 valence electrons. The second kappa shape index (κ2) is 4.26. The molecule has 0 spiro atoms. The molecule has 3 rings (SSSR count). The van der Waals surface area contributed by atoms with E-state index in [0.717, 1.165) is 16.9 Å². The summed E-state index contributed by atoms with van der Waals surface area (Å²) in [5, 5.41) is 0. The lowest BCUT2D eigenvalue weighted by atomic mass is 9.99. The minimum Gasteiger partial charge on any atom is -0.443 e. The fraction of sp³-hybridized carbons (Fsp3) is 0. The molecule has 2 aromatic carbocycles. The first kappa shape index (κ1) is 9.85. The monoisotopic (exact) mass is 221 g/mol. The van der Waals surface area contributed by atoms with E-state index in [0.29, 0.717) is 0 Å². The van der Waals surface area contributed by atoms with Crippen LogP contribution in [0.3, 0.4) is 0 Å². The Hall–Kier alpha value is -2.35. The first-order valence-corrected chi connectivity index (χ1v) is 5.48. The third-order valence-corrected chi connectivity index (χ3v) is 2.71. The van der Waals surface area contributed by atoms with Crippen LogP contribution in [0, 0.1) is 0 Å².